The van der Waals surface area contributed by atoms with E-state index in [-0.39, 0.29) is 22.7 Å². The molecule has 0 bridgehead atoms. The Bertz CT molecular complexity index is 380. The van der Waals surface area contributed by atoms with E-state index in [0.29, 0.717) is 0 Å². The first-order valence-corrected chi connectivity index (χ1v) is 5.71. The van der Waals surface area contributed by atoms with Crippen LogP contribution in [0.15, 0.2) is 24.3 Å². The van der Waals surface area contributed by atoms with Crippen molar-refractivity contribution >= 4 is 5.69 Å². The first-order chi connectivity index (χ1) is 7.99. The van der Waals surface area contributed by atoms with Crippen molar-refractivity contribution in [3.05, 3.63) is 39.9 Å². The number of nitrogens with one attached hydrogen (secondary N) is 1. The van der Waals surface area contributed by atoms with Gasteiger partial charge in [0.1, 0.15) is 0 Å². The Morgan fingerprint density at radius 1 is 1.47 bits per heavy atom. The third-order valence-corrected chi connectivity index (χ3v) is 2.45. The zero-order valence-corrected chi connectivity index (χ0v) is 10.2. The molecule has 1 aromatic carbocycles. The highest BCUT2D eigenvalue weighted by atomic mass is 16.6. The summed E-state index contributed by atoms with van der Waals surface area (Å²) in [5.41, 5.74) is 6.75. The molecule has 0 aromatic heterocycles. The molecule has 0 aliphatic heterocycles. The first kappa shape index (κ1) is 13.6. The van der Waals surface area contributed by atoms with Crippen molar-refractivity contribution in [2.24, 2.45) is 5.73 Å². The molecule has 0 spiro atoms. The van der Waals surface area contributed by atoms with Crippen LogP contribution in [0.5, 0.6) is 0 Å². The molecule has 1 aromatic rings. The van der Waals surface area contributed by atoms with Gasteiger partial charge in [0.2, 0.25) is 0 Å². The molecular weight excluding hydrogens is 218 g/mol. The van der Waals surface area contributed by atoms with Gasteiger partial charge in [-0.2, -0.15) is 0 Å². The van der Waals surface area contributed by atoms with Gasteiger partial charge in [-0.3, -0.25) is 10.1 Å². The van der Waals surface area contributed by atoms with Gasteiger partial charge in [0, 0.05) is 30.8 Å². The van der Waals surface area contributed by atoms with E-state index in [0.717, 1.165) is 18.5 Å². The number of hydrogen-bond donors (Lipinski definition) is 2. The van der Waals surface area contributed by atoms with E-state index < -0.39 is 0 Å². The van der Waals surface area contributed by atoms with E-state index in [2.05, 4.69) is 5.32 Å². The number of nitrogens with zero attached hydrogens (tertiary/aromatic N) is 1. The molecule has 0 aliphatic rings. The molecule has 94 valence electrons. The highest BCUT2D eigenvalue weighted by Gasteiger charge is 2.08. The predicted molar refractivity (Wildman–Crippen MR) is 67.9 cm³/mol. The number of rotatable bonds is 6. The Balaban J connectivity index is 2.56. The molecular formula is C12H19N3O2. The number of benzene rings is 1. The van der Waals surface area contributed by atoms with Gasteiger partial charge < -0.3 is 11.1 Å². The lowest BCUT2D eigenvalue weighted by molar-refractivity contribution is -0.384. The molecule has 2 unspecified atom stereocenters. The smallest absolute Gasteiger partial charge is 0.269 e. The van der Waals surface area contributed by atoms with E-state index in [1.807, 2.05) is 19.9 Å². The molecule has 5 nitrogen and oxygen atoms in total. The second-order valence-electron chi connectivity index (χ2n) is 4.42. The maximum absolute atomic E-state index is 10.6. The van der Waals surface area contributed by atoms with Crippen LogP contribution in [0, 0.1) is 10.1 Å². The molecule has 0 saturated heterocycles. The van der Waals surface area contributed by atoms with Crippen molar-refractivity contribution < 1.29 is 4.92 Å². The molecule has 3 N–H and O–H groups in total. The Kier molecular flexibility index (Phi) is 5.06. The topological polar surface area (TPSA) is 81.2 Å². The minimum atomic E-state index is -0.371. The maximum atomic E-state index is 10.6. The summed E-state index contributed by atoms with van der Waals surface area (Å²) in [4.78, 5) is 10.3. The van der Waals surface area contributed by atoms with Gasteiger partial charge in [0.25, 0.3) is 5.69 Å². The van der Waals surface area contributed by atoms with Crippen LogP contribution in [0.1, 0.15) is 19.4 Å². The molecule has 5 heteroatoms. The average Bonchev–Trinajstić information content (AvgIpc) is 2.26. The van der Waals surface area contributed by atoms with Crippen LogP contribution in [-0.2, 0) is 6.42 Å². The van der Waals surface area contributed by atoms with E-state index >= 15 is 0 Å². The van der Waals surface area contributed by atoms with Gasteiger partial charge in [-0.15, -0.1) is 0 Å². The number of nitrogens with two attached hydrogens (primary N) is 1. The summed E-state index contributed by atoms with van der Waals surface area (Å²) in [5.74, 6) is 0. The third kappa shape index (κ3) is 4.93. The van der Waals surface area contributed by atoms with Gasteiger partial charge in [0.05, 0.1) is 4.92 Å². The normalized spacial score (nSPS) is 14.3. The molecule has 1 rings (SSSR count). The average molecular weight is 237 g/mol. The van der Waals surface area contributed by atoms with Gasteiger partial charge in [0.15, 0.2) is 0 Å². The summed E-state index contributed by atoms with van der Waals surface area (Å²) in [6.45, 7) is 4.73. The lowest BCUT2D eigenvalue weighted by Gasteiger charge is -2.15. The van der Waals surface area contributed by atoms with Crippen LogP contribution < -0.4 is 11.1 Å². The standard InChI is InChI=1S/C12H19N3O2/c1-9(13)8-14-10(2)6-11-4-3-5-12(7-11)15(16)17/h3-5,7,9-10,14H,6,8,13H2,1-2H3. The maximum Gasteiger partial charge on any atom is 0.269 e. The second-order valence-corrected chi connectivity index (χ2v) is 4.42. The number of nitro groups is 1. The van der Waals surface area contributed by atoms with Crippen molar-refractivity contribution in [2.75, 3.05) is 6.54 Å². The molecule has 0 radical (unpaired) electrons. The molecule has 2 atom stereocenters. The molecule has 0 amide bonds. The number of non-ortho nitro benzene ring substituents is 1. The van der Waals surface area contributed by atoms with Crippen LogP contribution in [0.4, 0.5) is 5.69 Å². The van der Waals surface area contributed by atoms with Crippen LogP contribution in [0.3, 0.4) is 0 Å². The molecule has 0 aliphatic carbocycles. The SMILES string of the molecule is CC(N)CNC(C)Cc1cccc([N+](=O)[O-])c1. The van der Waals surface area contributed by atoms with Crippen molar-refractivity contribution in [2.45, 2.75) is 32.4 Å². The molecule has 0 fully saturated rings. The summed E-state index contributed by atoms with van der Waals surface area (Å²) in [6, 6.07) is 7.10. The minimum Gasteiger partial charge on any atom is -0.327 e. The van der Waals surface area contributed by atoms with Crippen molar-refractivity contribution in [1.82, 2.24) is 5.32 Å². The molecule has 0 saturated carbocycles. The summed E-state index contributed by atoms with van der Waals surface area (Å²) < 4.78 is 0. The minimum absolute atomic E-state index is 0.113. The van der Waals surface area contributed by atoms with Crippen LogP contribution in [-0.4, -0.2) is 23.6 Å². The lowest BCUT2D eigenvalue weighted by atomic mass is 10.1. The summed E-state index contributed by atoms with van der Waals surface area (Å²) in [6.07, 6.45) is 0.758. The fraction of sp³-hybridized carbons (Fsp3) is 0.500. The summed E-state index contributed by atoms with van der Waals surface area (Å²) >= 11 is 0. The first-order valence-electron chi connectivity index (χ1n) is 5.71. The largest absolute Gasteiger partial charge is 0.327 e. The van der Waals surface area contributed by atoms with Crippen LogP contribution in [0.25, 0.3) is 0 Å². The zero-order chi connectivity index (χ0) is 12.8. The number of nitro benzene ring substituents is 1. The lowest BCUT2D eigenvalue weighted by Crippen LogP contribution is -2.37. The fourth-order valence-electron chi connectivity index (χ4n) is 1.61. The van der Waals surface area contributed by atoms with E-state index in [9.17, 15) is 10.1 Å². The Hall–Kier alpha value is -1.46. The van der Waals surface area contributed by atoms with Crippen LogP contribution in [0.2, 0.25) is 0 Å². The van der Waals surface area contributed by atoms with Crippen molar-refractivity contribution in [1.29, 1.82) is 0 Å². The van der Waals surface area contributed by atoms with Gasteiger partial charge in [-0.1, -0.05) is 12.1 Å². The van der Waals surface area contributed by atoms with Crippen molar-refractivity contribution in [3.63, 3.8) is 0 Å². The molecule has 17 heavy (non-hydrogen) atoms. The fourth-order valence-corrected chi connectivity index (χ4v) is 1.61. The van der Waals surface area contributed by atoms with Gasteiger partial charge in [-0.05, 0) is 25.8 Å². The highest BCUT2D eigenvalue weighted by molar-refractivity contribution is 5.34. The van der Waals surface area contributed by atoms with Crippen molar-refractivity contribution in [3.8, 4) is 0 Å². The monoisotopic (exact) mass is 237 g/mol. The number of hydrogen-bond acceptors (Lipinski definition) is 4. The van der Waals surface area contributed by atoms with E-state index in [1.54, 1.807) is 12.1 Å². The zero-order valence-electron chi connectivity index (χ0n) is 10.2. The van der Waals surface area contributed by atoms with E-state index in [1.165, 1.54) is 6.07 Å². The Labute approximate surface area is 101 Å². The van der Waals surface area contributed by atoms with Gasteiger partial charge >= 0.3 is 0 Å². The highest BCUT2D eigenvalue weighted by Crippen LogP contribution is 2.14. The Morgan fingerprint density at radius 2 is 2.18 bits per heavy atom. The predicted octanol–water partition coefficient (Wildman–Crippen LogP) is 1.46. The van der Waals surface area contributed by atoms with E-state index in [4.69, 9.17) is 5.73 Å². The molecule has 0 heterocycles. The summed E-state index contributed by atoms with van der Waals surface area (Å²) in [7, 11) is 0. The summed E-state index contributed by atoms with van der Waals surface area (Å²) in [5, 5.41) is 13.9. The second kappa shape index (κ2) is 6.32. The third-order valence-electron chi connectivity index (χ3n) is 2.45. The van der Waals surface area contributed by atoms with Crippen LogP contribution >= 0.6 is 0 Å². The quantitative estimate of drug-likeness (QED) is 0.579. The Morgan fingerprint density at radius 3 is 2.76 bits per heavy atom. The van der Waals surface area contributed by atoms with Gasteiger partial charge in [-0.25, -0.2) is 0 Å².